The molecule has 4 rings (SSSR count). The number of ether oxygens (including phenoxy) is 1. The highest BCUT2D eigenvalue weighted by atomic mass is 19.4. The van der Waals surface area contributed by atoms with Gasteiger partial charge in [-0.2, -0.15) is 23.4 Å². The zero-order valence-corrected chi connectivity index (χ0v) is 17.6. The number of nitrogens with one attached hydrogen (secondary N) is 1. The lowest BCUT2D eigenvalue weighted by Gasteiger charge is -2.10. The van der Waals surface area contributed by atoms with Crippen LogP contribution in [0, 0.1) is 6.92 Å². The minimum atomic E-state index is -4.45. The maximum absolute atomic E-state index is 12.8. The predicted octanol–water partition coefficient (Wildman–Crippen LogP) is 4.74. The van der Waals surface area contributed by atoms with Crippen molar-refractivity contribution in [1.82, 2.24) is 19.6 Å². The van der Waals surface area contributed by atoms with Gasteiger partial charge in [0.1, 0.15) is 5.75 Å². The Morgan fingerprint density at radius 2 is 1.91 bits per heavy atom. The number of amides is 1. The Labute approximate surface area is 187 Å². The van der Waals surface area contributed by atoms with Crippen molar-refractivity contribution in [3.8, 4) is 5.75 Å². The van der Waals surface area contributed by atoms with Crippen molar-refractivity contribution in [2.24, 2.45) is 0 Å². The van der Waals surface area contributed by atoms with Crippen LogP contribution in [0.2, 0.25) is 0 Å². The van der Waals surface area contributed by atoms with Crippen molar-refractivity contribution >= 4 is 11.6 Å². The van der Waals surface area contributed by atoms with Crippen LogP contribution in [0.1, 0.15) is 27.2 Å². The Morgan fingerprint density at radius 3 is 2.70 bits per heavy atom. The Hall–Kier alpha value is -4.08. The van der Waals surface area contributed by atoms with Crippen LogP contribution in [0.4, 0.5) is 18.9 Å². The van der Waals surface area contributed by atoms with Crippen LogP contribution in [-0.4, -0.2) is 25.5 Å². The van der Waals surface area contributed by atoms with Gasteiger partial charge in [-0.3, -0.25) is 9.48 Å². The molecule has 0 fully saturated rings. The van der Waals surface area contributed by atoms with E-state index in [1.165, 1.54) is 29.1 Å². The standard InChI is InChI=1S/C23H20F3N5O2/c1-16-4-2-5-17(10-16)13-31-14-19(12-27-31)28-22(32)21-8-9-30(29-21)15-33-20-7-3-6-18(11-20)23(24,25)26/h2-12,14H,13,15H2,1H3,(H,28,32). The molecule has 0 aliphatic heterocycles. The van der Waals surface area contributed by atoms with E-state index >= 15 is 0 Å². The first-order valence-corrected chi connectivity index (χ1v) is 9.99. The monoisotopic (exact) mass is 455 g/mol. The second-order valence-corrected chi connectivity index (χ2v) is 7.41. The highest BCUT2D eigenvalue weighted by molar-refractivity contribution is 6.02. The van der Waals surface area contributed by atoms with Crippen LogP contribution < -0.4 is 10.1 Å². The molecule has 7 nitrogen and oxygen atoms in total. The molecule has 0 saturated heterocycles. The summed E-state index contributed by atoms with van der Waals surface area (Å²) in [5.74, 6) is -0.393. The molecule has 2 aromatic carbocycles. The van der Waals surface area contributed by atoms with Gasteiger partial charge >= 0.3 is 6.18 Å². The number of alkyl halides is 3. The number of rotatable bonds is 7. The molecule has 0 bridgehead atoms. The summed E-state index contributed by atoms with van der Waals surface area (Å²) in [6.07, 6.45) is 0.309. The summed E-state index contributed by atoms with van der Waals surface area (Å²) in [5.41, 5.74) is 2.09. The maximum atomic E-state index is 12.8. The maximum Gasteiger partial charge on any atom is 0.416 e. The van der Waals surface area contributed by atoms with Gasteiger partial charge in [0.15, 0.2) is 12.4 Å². The number of carbonyl (C=O) groups is 1. The fourth-order valence-corrected chi connectivity index (χ4v) is 3.16. The van der Waals surface area contributed by atoms with Crippen molar-refractivity contribution in [3.05, 3.63) is 95.6 Å². The van der Waals surface area contributed by atoms with Gasteiger partial charge in [-0.25, -0.2) is 4.68 Å². The fraction of sp³-hybridized carbons (Fsp3) is 0.174. The average molecular weight is 455 g/mol. The SMILES string of the molecule is Cc1cccc(Cn2cc(NC(=O)c3ccn(COc4cccc(C(F)(F)F)c4)n3)cn2)c1. The van der Waals surface area contributed by atoms with Crippen LogP contribution in [0.5, 0.6) is 5.75 Å². The normalized spacial score (nSPS) is 11.4. The van der Waals surface area contributed by atoms with E-state index in [-0.39, 0.29) is 18.2 Å². The summed E-state index contributed by atoms with van der Waals surface area (Å²) >= 11 is 0. The third-order valence-electron chi connectivity index (χ3n) is 4.72. The molecule has 0 saturated carbocycles. The molecule has 0 aliphatic rings. The van der Waals surface area contributed by atoms with E-state index in [0.717, 1.165) is 23.3 Å². The van der Waals surface area contributed by atoms with E-state index in [2.05, 4.69) is 21.6 Å². The smallest absolute Gasteiger partial charge is 0.416 e. The first kappa shape index (κ1) is 22.1. The number of aromatic nitrogens is 4. The number of hydrogen-bond acceptors (Lipinski definition) is 4. The zero-order chi connectivity index (χ0) is 23.4. The molecule has 0 spiro atoms. The van der Waals surface area contributed by atoms with Crippen LogP contribution in [0.25, 0.3) is 0 Å². The molecule has 1 N–H and O–H groups in total. The second kappa shape index (κ2) is 9.19. The first-order valence-electron chi connectivity index (χ1n) is 9.99. The summed E-state index contributed by atoms with van der Waals surface area (Å²) in [5, 5.41) is 11.1. The van der Waals surface area contributed by atoms with E-state index in [0.29, 0.717) is 12.2 Å². The Kier molecular flexibility index (Phi) is 6.16. The molecule has 2 aromatic heterocycles. The first-order chi connectivity index (χ1) is 15.8. The summed E-state index contributed by atoms with van der Waals surface area (Å²) in [7, 11) is 0. The van der Waals surface area contributed by atoms with E-state index in [4.69, 9.17) is 4.74 Å². The minimum absolute atomic E-state index is 0.0485. The lowest BCUT2D eigenvalue weighted by Crippen LogP contribution is -2.14. The van der Waals surface area contributed by atoms with Gasteiger partial charge in [-0.1, -0.05) is 35.9 Å². The molecule has 33 heavy (non-hydrogen) atoms. The number of anilines is 1. The summed E-state index contributed by atoms with van der Waals surface area (Å²) in [6, 6.07) is 14.1. The van der Waals surface area contributed by atoms with Crippen molar-refractivity contribution < 1.29 is 22.7 Å². The van der Waals surface area contributed by atoms with Crippen LogP contribution in [0.15, 0.2) is 73.2 Å². The molecule has 0 atom stereocenters. The van der Waals surface area contributed by atoms with Gasteiger partial charge in [0, 0.05) is 12.4 Å². The number of hydrogen-bond donors (Lipinski definition) is 1. The third-order valence-corrected chi connectivity index (χ3v) is 4.72. The molecule has 0 aliphatic carbocycles. The van der Waals surface area contributed by atoms with E-state index in [1.807, 2.05) is 25.1 Å². The molecular weight excluding hydrogens is 435 g/mol. The number of halogens is 3. The quantitative estimate of drug-likeness (QED) is 0.437. The fourth-order valence-electron chi connectivity index (χ4n) is 3.16. The Morgan fingerprint density at radius 1 is 1.09 bits per heavy atom. The molecule has 2 heterocycles. The van der Waals surface area contributed by atoms with Gasteiger partial charge in [0.05, 0.1) is 24.0 Å². The topological polar surface area (TPSA) is 74.0 Å². The largest absolute Gasteiger partial charge is 0.471 e. The molecular formula is C23H20F3N5O2. The zero-order valence-electron chi connectivity index (χ0n) is 17.6. The summed E-state index contributed by atoms with van der Waals surface area (Å²) in [6.45, 7) is 2.43. The van der Waals surface area contributed by atoms with Crippen molar-refractivity contribution in [1.29, 1.82) is 0 Å². The van der Waals surface area contributed by atoms with Crippen LogP contribution in [-0.2, 0) is 19.5 Å². The Balaban J connectivity index is 1.33. The Bertz CT molecular complexity index is 1260. The van der Waals surface area contributed by atoms with E-state index in [9.17, 15) is 18.0 Å². The lowest BCUT2D eigenvalue weighted by atomic mass is 10.1. The summed E-state index contributed by atoms with van der Waals surface area (Å²) in [4.78, 5) is 12.5. The van der Waals surface area contributed by atoms with Crippen molar-refractivity contribution in [2.45, 2.75) is 26.4 Å². The van der Waals surface area contributed by atoms with Gasteiger partial charge in [-0.05, 0) is 36.8 Å². The van der Waals surface area contributed by atoms with E-state index in [1.54, 1.807) is 17.1 Å². The molecule has 0 unspecified atom stereocenters. The summed E-state index contributed by atoms with van der Waals surface area (Å²) < 4.78 is 46.8. The number of nitrogens with zero attached hydrogens (tertiary/aromatic N) is 4. The van der Waals surface area contributed by atoms with Crippen molar-refractivity contribution in [3.63, 3.8) is 0 Å². The second-order valence-electron chi connectivity index (χ2n) is 7.41. The molecule has 170 valence electrons. The van der Waals surface area contributed by atoms with E-state index < -0.39 is 17.6 Å². The minimum Gasteiger partial charge on any atom is -0.471 e. The molecule has 10 heteroatoms. The molecule has 0 radical (unpaired) electrons. The highest BCUT2D eigenvalue weighted by Crippen LogP contribution is 2.31. The van der Waals surface area contributed by atoms with Gasteiger partial charge < -0.3 is 10.1 Å². The molecule has 1 amide bonds. The van der Waals surface area contributed by atoms with Gasteiger partial charge in [0.2, 0.25) is 0 Å². The predicted molar refractivity (Wildman–Crippen MR) is 115 cm³/mol. The van der Waals surface area contributed by atoms with Crippen molar-refractivity contribution in [2.75, 3.05) is 5.32 Å². The van der Waals surface area contributed by atoms with Gasteiger partial charge in [-0.15, -0.1) is 0 Å². The number of benzene rings is 2. The van der Waals surface area contributed by atoms with Crippen LogP contribution in [0.3, 0.4) is 0 Å². The average Bonchev–Trinajstić information content (AvgIpc) is 3.41. The third kappa shape index (κ3) is 5.79. The van der Waals surface area contributed by atoms with Crippen LogP contribution >= 0.6 is 0 Å². The lowest BCUT2D eigenvalue weighted by molar-refractivity contribution is -0.137. The number of carbonyl (C=O) groups excluding carboxylic acids is 1. The highest BCUT2D eigenvalue weighted by Gasteiger charge is 2.30. The number of aryl methyl sites for hydroxylation is 1. The van der Waals surface area contributed by atoms with Gasteiger partial charge in [0.25, 0.3) is 5.91 Å². The molecule has 4 aromatic rings.